The molecule has 0 heterocycles. The minimum atomic E-state index is -1.14. The van der Waals surface area contributed by atoms with E-state index in [0.29, 0.717) is 5.56 Å². The van der Waals surface area contributed by atoms with Crippen LogP contribution in [0.2, 0.25) is 0 Å². The van der Waals surface area contributed by atoms with Crippen molar-refractivity contribution in [1.82, 2.24) is 0 Å². The summed E-state index contributed by atoms with van der Waals surface area (Å²) in [6.07, 6.45) is -2.38. The molecule has 124 valence electrons. The zero-order valence-electron chi connectivity index (χ0n) is 12.5. The van der Waals surface area contributed by atoms with Gasteiger partial charge in [-0.3, -0.25) is 9.59 Å². The summed E-state index contributed by atoms with van der Waals surface area (Å²) in [4.78, 5) is 35.0. The molecule has 2 rings (SSSR count). The quantitative estimate of drug-likeness (QED) is 0.773. The van der Waals surface area contributed by atoms with Gasteiger partial charge in [0.05, 0.1) is 31.1 Å². The lowest BCUT2D eigenvalue weighted by Crippen LogP contribution is -2.33. The molecule has 1 aromatic carbocycles. The van der Waals surface area contributed by atoms with Crippen LogP contribution < -0.4 is 0 Å². The van der Waals surface area contributed by atoms with Crippen molar-refractivity contribution in [2.24, 2.45) is 11.8 Å². The predicted octanol–water partition coefficient (Wildman–Crippen LogP) is 0.857. The van der Waals surface area contributed by atoms with Crippen LogP contribution in [0.15, 0.2) is 30.3 Å². The number of carbonyl (C=O) groups is 3. The maximum Gasteiger partial charge on any atom is 0.338 e. The molecular formula is C16H18O7. The van der Waals surface area contributed by atoms with E-state index >= 15 is 0 Å². The molecule has 23 heavy (non-hydrogen) atoms. The van der Waals surface area contributed by atoms with E-state index in [-0.39, 0.29) is 6.42 Å². The van der Waals surface area contributed by atoms with Crippen molar-refractivity contribution in [3.8, 4) is 0 Å². The van der Waals surface area contributed by atoms with E-state index in [2.05, 4.69) is 4.74 Å². The highest BCUT2D eigenvalue weighted by Gasteiger charge is 2.49. The van der Waals surface area contributed by atoms with Crippen molar-refractivity contribution in [2.45, 2.75) is 25.0 Å². The summed E-state index contributed by atoms with van der Waals surface area (Å²) >= 11 is 0. The van der Waals surface area contributed by atoms with E-state index in [4.69, 9.17) is 9.84 Å². The van der Waals surface area contributed by atoms with E-state index in [1.807, 2.05) is 0 Å². The van der Waals surface area contributed by atoms with Crippen LogP contribution in [0.25, 0.3) is 0 Å². The van der Waals surface area contributed by atoms with Crippen molar-refractivity contribution in [3.63, 3.8) is 0 Å². The van der Waals surface area contributed by atoms with Crippen LogP contribution in [0.3, 0.4) is 0 Å². The maximum absolute atomic E-state index is 12.1. The summed E-state index contributed by atoms with van der Waals surface area (Å²) in [5, 5.41) is 19.1. The molecule has 0 amide bonds. The highest BCUT2D eigenvalue weighted by atomic mass is 16.5. The number of aliphatic hydroxyl groups excluding tert-OH is 1. The molecule has 0 bridgehead atoms. The number of hydrogen-bond acceptors (Lipinski definition) is 6. The SMILES string of the molecule is COC(=O)C1C(O)CC(OC(=O)c2ccccc2)C1CC(=O)O. The van der Waals surface area contributed by atoms with Crippen molar-refractivity contribution < 1.29 is 34.1 Å². The number of methoxy groups -OCH3 is 1. The van der Waals surface area contributed by atoms with Gasteiger partial charge in [-0.25, -0.2) is 4.79 Å². The molecule has 4 unspecified atom stereocenters. The molecule has 1 aromatic rings. The van der Waals surface area contributed by atoms with Crippen LogP contribution in [0, 0.1) is 11.8 Å². The van der Waals surface area contributed by atoms with Crippen molar-refractivity contribution in [1.29, 1.82) is 0 Å². The first-order valence-electron chi connectivity index (χ1n) is 7.17. The van der Waals surface area contributed by atoms with Crippen LogP contribution >= 0.6 is 0 Å². The molecule has 7 heteroatoms. The second-order valence-corrected chi connectivity index (χ2v) is 5.42. The first-order valence-corrected chi connectivity index (χ1v) is 7.17. The first-order chi connectivity index (χ1) is 10.9. The lowest BCUT2D eigenvalue weighted by atomic mass is 9.90. The minimum Gasteiger partial charge on any atom is -0.481 e. The second-order valence-electron chi connectivity index (χ2n) is 5.42. The number of hydrogen-bond donors (Lipinski definition) is 2. The molecule has 0 radical (unpaired) electrons. The lowest BCUT2D eigenvalue weighted by Gasteiger charge is -2.22. The van der Waals surface area contributed by atoms with E-state index in [1.165, 1.54) is 0 Å². The largest absolute Gasteiger partial charge is 0.481 e. The average Bonchev–Trinajstić information content (AvgIpc) is 2.82. The van der Waals surface area contributed by atoms with Crippen LogP contribution in [0.1, 0.15) is 23.2 Å². The Bertz CT molecular complexity index is 583. The summed E-state index contributed by atoms with van der Waals surface area (Å²) in [5.41, 5.74) is 0.317. The smallest absolute Gasteiger partial charge is 0.338 e. The maximum atomic E-state index is 12.1. The molecule has 1 fully saturated rings. The second kappa shape index (κ2) is 7.23. The molecule has 1 aliphatic rings. The van der Waals surface area contributed by atoms with Gasteiger partial charge in [-0.15, -0.1) is 0 Å². The number of esters is 2. The topological polar surface area (TPSA) is 110 Å². The molecule has 1 saturated carbocycles. The van der Waals surface area contributed by atoms with Gasteiger partial charge in [0.1, 0.15) is 6.10 Å². The van der Waals surface area contributed by atoms with Gasteiger partial charge in [-0.05, 0) is 12.1 Å². The molecule has 1 aliphatic carbocycles. The molecule has 4 atom stereocenters. The van der Waals surface area contributed by atoms with Gasteiger partial charge < -0.3 is 19.7 Å². The van der Waals surface area contributed by atoms with Crippen LogP contribution in [0.4, 0.5) is 0 Å². The highest BCUT2D eigenvalue weighted by Crippen LogP contribution is 2.38. The fourth-order valence-corrected chi connectivity index (χ4v) is 2.92. The van der Waals surface area contributed by atoms with Gasteiger partial charge in [-0.2, -0.15) is 0 Å². The number of carboxylic acids is 1. The molecule has 0 aromatic heterocycles. The first kappa shape index (κ1) is 17.0. The highest BCUT2D eigenvalue weighted by molar-refractivity contribution is 5.89. The molecule has 0 saturated heterocycles. The predicted molar refractivity (Wildman–Crippen MR) is 77.5 cm³/mol. The Balaban J connectivity index is 2.17. The Hall–Kier alpha value is -2.41. The fourth-order valence-electron chi connectivity index (χ4n) is 2.92. The van der Waals surface area contributed by atoms with E-state index in [9.17, 15) is 19.5 Å². The van der Waals surface area contributed by atoms with Crippen molar-refractivity contribution in [2.75, 3.05) is 7.11 Å². The molecule has 0 spiro atoms. The Morgan fingerprint density at radius 3 is 2.43 bits per heavy atom. The normalized spacial score (nSPS) is 26.5. The van der Waals surface area contributed by atoms with Crippen molar-refractivity contribution in [3.05, 3.63) is 35.9 Å². The van der Waals surface area contributed by atoms with Crippen molar-refractivity contribution >= 4 is 17.9 Å². The van der Waals surface area contributed by atoms with Gasteiger partial charge in [0, 0.05) is 12.3 Å². The average molecular weight is 322 g/mol. The molecule has 7 nitrogen and oxygen atoms in total. The van der Waals surface area contributed by atoms with Gasteiger partial charge in [0.15, 0.2) is 0 Å². The number of rotatable bonds is 5. The third-order valence-corrected chi connectivity index (χ3v) is 3.98. The third-order valence-electron chi connectivity index (χ3n) is 3.98. The summed E-state index contributed by atoms with van der Waals surface area (Å²) < 4.78 is 9.96. The molecular weight excluding hydrogens is 304 g/mol. The number of aliphatic carboxylic acids is 1. The van der Waals surface area contributed by atoms with Gasteiger partial charge in [-0.1, -0.05) is 18.2 Å². The zero-order valence-corrected chi connectivity index (χ0v) is 12.5. The number of ether oxygens (including phenoxy) is 2. The molecule has 2 N–H and O–H groups in total. The van der Waals surface area contributed by atoms with E-state index < -0.39 is 48.4 Å². The molecule has 0 aliphatic heterocycles. The summed E-state index contributed by atoms with van der Waals surface area (Å²) in [6, 6.07) is 8.23. The summed E-state index contributed by atoms with van der Waals surface area (Å²) in [7, 11) is 1.16. The van der Waals surface area contributed by atoms with E-state index in [1.54, 1.807) is 30.3 Å². The van der Waals surface area contributed by atoms with E-state index in [0.717, 1.165) is 7.11 Å². The lowest BCUT2D eigenvalue weighted by molar-refractivity contribution is -0.152. The minimum absolute atomic E-state index is 0.00368. The fraction of sp³-hybridized carbons (Fsp3) is 0.438. The Kier molecular flexibility index (Phi) is 5.33. The Morgan fingerprint density at radius 1 is 1.22 bits per heavy atom. The summed E-state index contributed by atoms with van der Waals surface area (Å²) in [6.45, 7) is 0. The number of benzene rings is 1. The monoisotopic (exact) mass is 322 g/mol. The Labute approximate surface area is 132 Å². The number of aliphatic hydroxyl groups is 1. The van der Waals surface area contributed by atoms with Gasteiger partial charge in [0.2, 0.25) is 0 Å². The van der Waals surface area contributed by atoms with Gasteiger partial charge in [0.25, 0.3) is 0 Å². The Morgan fingerprint density at radius 2 is 1.87 bits per heavy atom. The third kappa shape index (κ3) is 3.87. The van der Waals surface area contributed by atoms with Crippen LogP contribution in [-0.4, -0.2) is 47.4 Å². The zero-order chi connectivity index (χ0) is 17.0. The number of carbonyl (C=O) groups excluding carboxylic acids is 2. The summed E-state index contributed by atoms with van der Waals surface area (Å²) in [5.74, 6) is -4.32. The van der Waals surface area contributed by atoms with Crippen LogP contribution in [-0.2, 0) is 19.1 Å². The van der Waals surface area contributed by atoms with Gasteiger partial charge >= 0.3 is 17.9 Å². The standard InChI is InChI=1S/C16H18O7/c1-22-16(21)14-10(7-13(18)19)12(8-11(14)17)23-15(20)9-5-3-2-4-6-9/h2-6,10-12,14,17H,7-8H2,1H3,(H,18,19). The number of carboxylic acid groups (broad SMARTS) is 1. The van der Waals surface area contributed by atoms with Crippen LogP contribution in [0.5, 0.6) is 0 Å².